The van der Waals surface area contributed by atoms with Crippen LogP contribution < -0.4 is 9.64 Å². The largest absolute Gasteiger partial charge is 0.485 e. The molecule has 2 aromatic carbocycles. The van der Waals surface area contributed by atoms with Crippen LogP contribution in [0.5, 0.6) is 5.75 Å². The van der Waals surface area contributed by atoms with Crippen molar-refractivity contribution in [1.82, 2.24) is 0 Å². The lowest BCUT2D eigenvalue weighted by molar-refractivity contribution is -0.122. The van der Waals surface area contributed by atoms with E-state index >= 15 is 0 Å². The summed E-state index contributed by atoms with van der Waals surface area (Å²) < 4.78 is 5.67. The molecule has 2 amide bonds. The first-order valence-electron chi connectivity index (χ1n) is 9.82. The molecule has 1 saturated heterocycles. The zero-order valence-electron chi connectivity index (χ0n) is 16.6. The number of rotatable bonds is 5. The van der Waals surface area contributed by atoms with Gasteiger partial charge in [0.25, 0.3) is 0 Å². The molecule has 0 radical (unpaired) electrons. The van der Waals surface area contributed by atoms with Gasteiger partial charge in [0.05, 0.1) is 17.5 Å². The van der Waals surface area contributed by atoms with Crippen molar-refractivity contribution >= 4 is 23.3 Å². The van der Waals surface area contributed by atoms with Crippen molar-refractivity contribution in [2.24, 2.45) is 11.8 Å². The monoisotopic (exact) mass is 389 g/mol. The molecule has 2 aromatic rings. The Morgan fingerprint density at radius 3 is 2.31 bits per heavy atom. The van der Waals surface area contributed by atoms with E-state index in [0.29, 0.717) is 29.8 Å². The minimum atomic E-state index is -0.275. The fourth-order valence-corrected chi connectivity index (χ4v) is 3.91. The van der Waals surface area contributed by atoms with Crippen molar-refractivity contribution < 1.29 is 19.1 Å². The first kappa shape index (κ1) is 19.1. The highest BCUT2D eigenvalue weighted by Crippen LogP contribution is 2.38. The molecule has 0 N–H and O–H groups in total. The highest BCUT2D eigenvalue weighted by atomic mass is 16.5. The van der Waals surface area contributed by atoms with Crippen LogP contribution in [-0.4, -0.2) is 24.2 Å². The number of allylic oxidation sites excluding steroid dienone is 2. The fourth-order valence-electron chi connectivity index (χ4n) is 3.91. The second-order valence-corrected chi connectivity index (χ2v) is 7.68. The van der Waals surface area contributed by atoms with Crippen LogP contribution in [-0.2, 0) is 9.59 Å². The van der Waals surface area contributed by atoms with E-state index in [4.69, 9.17) is 4.74 Å². The summed E-state index contributed by atoms with van der Waals surface area (Å²) >= 11 is 0. The molecule has 1 aliphatic carbocycles. The van der Waals surface area contributed by atoms with Gasteiger partial charge in [0, 0.05) is 11.6 Å². The van der Waals surface area contributed by atoms with E-state index in [1.54, 1.807) is 30.3 Å². The first-order valence-corrected chi connectivity index (χ1v) is 9.82. The number of ether oxygens (including phenoxy) is 1. The summed E-state index contributed by atoms with van der Waals surface area (Å²) in [6, 6.07) is 12.4. The number of aryl methyl sites for hydroxylation is 2. The van der Waals surface area contributed by atoms with Crippen LogP contribution in [0.15, 0.2) is 54.6 Å². The number of amides is 2. The molecule has 148 valence electrons. The minimum absolute atomic E-state index is 0.108. The van der Waals surface area contributed by atoms with Crippen molar-refractivity contribution in [3.63, 3.8) is 0 Å². The second-order valence-electron chi connectivity index (χ2n) is 7.68. The second kappa shape index (κ2) is 7.66. The number of imide groups is 1. The number of Topliss-reactive ketones (excluding diaryl/α,β-unsaturated/α-hetero) is 1. The number of benzene rings is 2. The molecule has 0 aromatic heterocycles. The Hall–Kier alpha value is -3.21. The molecule has 29 heavy (non-hydrogen) atoms. The van der Waals surface area contributed by atoms with Gasteiger partial charge < -0.3 is 4.74 Å². The van der Waals surface area contributed by atoms with Crippen LogP contribution in [0, 0.1) is 25.7 Å². The third kappa shape index (κ3) is 3.60. The summed E-state index contributed by atoms with van der Waals surface area (Å²) in [6.45, 7) is 3.86. The van der Waals surface area contributed by atoms with Gasteiger partial charge in [-0.3, -0.25) is 14.4 Å². The van der Waals surface area contributed by atoms with Crippen molar-refractivity contribution in [3.8, 4) is 5.75 Å². The predicted molar refractivity (Wildman–Crippen MR) is 110 cm³/mol. The lowest BCUT2D eigenvalue weighted by atomic mass is 9.85. The lowest BCUT2D eigenvalue weighted by Gasteiger charge is -2.16. The van der Waals surface area contributed by atoms with Gasteiger partial charge in [-0.05, 0) is 56.0 Å². The Labute approximate surface area is 170 Å². The topological polar surface area (TPSA) is 63.7 Å². The van der Waals surface area contributed by atoms with Crippen LogP contribution >= 0.6 is 0 Å². The SMILES string of the molecule is Cc1ccc(C(=O)COc2cccc(N3C(=O)[C@@H]4CC=CC[C@H]4C3=O)c2)cc1C. The van der Waals surface area contributed by atoms with Crippen molar-refractivity contribution in [2.75, 3.05) is 11.5 Å². The summed E-state index contributed by atoms with van der Waals surface area (Å²) in [5.41, 5.74) is 3.28. The zero-order valence-corrected chi connectivity index (χ0v) is 16.6. The summed E-state index contributed by atoms with van der Waals surface area (Å²) in [5.74, 6) is -0.538. The van der Waals surface area contributed by atoms with Gasteiger partial charge in [-0.2, -0.15) is 0 Å². The van der Waals surface area contributed by atoms with Crippen LogP contribution in [0.25, 0.3) is 0 Å². The van der Waals surface area contributed by atoms with E-state index in [2.05, 4.69) is 0 Å². The molecule has 5 nitrogen and oxygen atoms in total. The van der Waals surface area contributed by atoms with Gasteiger partial charge in [0.2, 0.25) is 11.8 Å². The molecule has 2 aliphatic rings. The number of fused-ring (bicyclic) bond motifs is 1. The van der Waals surface area contributed by atoms with E-state index in [0.717, 1.165) is 11.1 Å². The number of hydrogen-bond acceptors (Lipinski definition) is 4. The third-order valence-corrected chi connectivity index (χ3v) is 5.78. The van der Waals surface area contributed by atoms with Crippen molar-refractivity contribution in [1.29, 1.82) is 0 Å². The number of carbonyl (C=O) groups is 3. The Balaban J connectivity index is 1.48. The summed E-state index contributed by atoms with van der Waals surface area (Å²) in [5, 5.41) is 0. The van der Waals surface area contributed by atoms with E-state index in [-0.39, 0.29) is 36.0 Å². The smallest absolute Gasteiger partial charge is 0.238 e. The van der Waals surface area contributed by atoms with Gasteiger partial charge in [-0.25, -0.2) is 4.90 Å². The fraction of sp³-hybridized carbons (Fsp3) is 0.292. The minimum Gasteiger partial charge on any atom is -0.485 e. The van der Waals surface area contributed by atoms with E-state index in [1.807, 2.05) is 38.1 Å². The first-order chi connectivity index (χ1) is 14.0. The van der Waals surface area contributed by atoms with Crippen molar-refractivity contribution in [2.45, 2.75) is 26.7 Å². The number of hydrogen-bond donors (Lipinski definition) is 0. The Bertz CT molecular complexity index is 997. The standard InChI is InChI=1S/C24H23NO4/c1-15-10-11-17(12-16(15)2)22(26)14-29-19-7-5-6-18(13-19)25-23(27)20-8-3-4-9-21(20)24(25)28/h3-7,10-13,20-21H,8-9,14H2,1-2H3/t20-,21-/m1/s1. The molecule has 5 heteroatoms. The van der Waals surface area contributed by atoms with Gasteiger partial charge in [-0.1, -0.05) is 30.4 Å². The molecule has 4 rings (SSSR count). The van der Waals surface area contributed by atoms with Gasteiger partial charge in [-0.15, -0.1) is 0 Å². The predicted octanol–water partition coefficient (Wildman–Crippen LogP) is 4.02. The zero-order chi connectivity index (χ0) is 20.5. The maximum absolute atomic E-state index is 12.7. The molecule has 0 unspecified atom stereocenters. The Kier molecular flexibility index (Phi) is 5.05. The van der Waals surface area contributed by atoms with E-state index < -0.39 is 0 Å². The molecule has 0 saturated carbocycles. The number of anilines is 1. The van der Waals surface area contributed by atoms with E-state index in [1.165, 1.54) is 4.90 Å². The summed E-state index contributed by atoms with van der Waals surface area (Å²) in [7, 11) is 0. The normalized spacial score (nSPS) is 20.7. The molecule has 2 atom stereocenters. The van der Waals surface area contributed by atoms with Gasteiger partial charge in [0.15, 0.2) is 12.4 Å². The van der Waals surface area contributed by atoms with Gasteiger partial charge in [0.1, 0.15) is 5.75 Å². The maximum atomic E-state index is 12.7. The molecule has 1 aliphatic heterocycles. The van der Waals surface area contributed by atoms with Gasteiger partial charge >= 0.3 is 0 Å². The average molecular weight is 389 g/mol. The number of nitrogens with zero attached hydrogens (tertiary/aromatic N) is 1. The van der Waals surface area contributed by atoms with Crippen LogP contribution in [0.2, 0.25) is 0 Å². The quantitative estimate of drug-likeness (QED) is 0.440. The summed E-state index contributed by atoms with van der Waals surface area (Å²) in [6.07, 6.45) is 5.14. The highest BCUT2D eigenvalue weighted by Gasteiger charge is 2.47. The van der Waals surface area contributed by atoms with Crippen LogP contribution in [0.3, 0.4) is 0 Å². The number of ketones is 1. The molecule has 0 bridgehead atoms. The molecule has 0 spiro atoms. The number of carbonyl (C=O) groups excluding carboxylic acids is 3. The van der Waals surface area contributed by atoms with Crippen LogP contribution in [0.4, 0.5) is 5.69 Å². The molecular formula is C24H23NO4. The highest BCUT2D eigenvalue weighted by molar-refractivity contribution is 6.22. The molecule has 1 heterocycles. The molecular weight excluding hydrogens is 366 g/mol. The molecule has 1 fully saturated rings. The third-order valence-electron chi connectivity index (χ3n) is 5.78. The Morgan fingerprint density at radius 1 is 0.966 bits per heavy atom. The summed E-state index contributed by atoms with van der Waals surface area (Å²) in [4.78, 5) is 39.2. The van der Waals surface area contributed by atoms with Crippen LogP contribution in [0.1, 0.15) is 34.3 Å². The van der Waals surface area contributed by atoms with Crippen molar-refractivity contribution in [3.05, 3.63) is 71.3 Å². The van der Waals surface area contributed by atoms with E-state index in [9.17, 15) is 14.4 Å². The average Bonchev–Trinajstić information content (AvgIpc) is 2.99. The Morgan fingerprint density at radius 2 is 1.66 bits per heavy atom. The lowest BCUT2D eigenvalue weighted by Crippen LogP contribution is -2.30. The maximum Gasteiger partial charge on any atom is 0.238 e.